The number of carbonyl (C=O) groups excluding carboxylic acids is 1. The van der Waals surface area contributed by atoms with Crippen LogP contribution in [-0.4, -0.2) is 33.7 Å². The van der Waals surface area contributed by atoms with Gasteiger partial charge in [-0.15, -0.1) is 0 Å². The summed E-state index contributed by atoms with van der Waals surface area (Å²) in [6.45, 7) is 6.91. The van der Waals surface area contributed by atoms with E-state index >= 15 is 0 Å². The highest BCUT2D eigenvalue weighted by Crippen LogP contribution is 2.21. The number of anilines is 1. The number of methoxy groups -OCH3 is 1. The van der Waals surface area contributed by atoms with E-state index in [1.807, 2.05) is 10.8 Å². The first-order valence-corrected chi connectivity index (χ1v) is 7.42. The number of imidazole rings is 1. The molecule has 0 aliphatic rings. The predicted molar refractivity (Wildman–Crippen MR) is 88.4 cm³/mol. The van der Waals surface area contributed by atoms with Gasteiger partial charge in [0.1, 0.15) is 0 Å². The number of pyridine rings is 1. The molecule has 23 heavy (non-hydrogen) atoms. The van der Waals surface area contributed by atoms with Crippen molar-refractivity contribution >= 4 is 11.7 Å². The van der Waals surface area contributed by atoms with Crippen molar-refractivity contribution in [1.82, 2.24) is 19.9 Å². The maximum atomic E-state index is 12.2. The van der Waals surface area contributed by atoms with Crippen molar-refractivity contribution in [1.29, 1.82) is 0 Å². The summed E-state index contributed by atoms with van der Waals surface area (Å²) >= 11 is 0. The molecule has 124 valence electrons. The molecule has 0 saturated carbocycles. The molecule has 1 atom stereocenters. The van der Waals surface area contributed by atoms with Gasteiger partial charge in [0.15, 0.2) is 0 Å². The quantitative estimate of drug-likeness (QED) is 0.888. The average molecular weight is 317 g/mol. The smallest absolute Gasteiger partial charge is 0.319 e. The number of hydrogen-bond acceptors (Lipinski definition) is 4. The normalized spacial score (nSPS) is 12.5. The van der Waals surface area contributed by atoms with Crippen LogP contribution >= 0.6 is 0 Å². The Balaban J connectivity index is 1.99. The Hall–Kier alpha value is -2.57. The zero-order valence-corrected chi connectivity index (χ0v) is 13.9. The van der Waals surface area contributed by atoms with Gasteiger partial charge in [0, 0.05) is 25.0 Å². The van der Waals surface area contributed by atoms with Gasteiger partial charge in [-0.05, 0) is 11.5 Å². The lowest BCUT2D eigenvalue weighted by Crippen LogP contribution is -2.47. The summed E-state index contributed by atoms with van der Waals surface area (Å²) in [7, 11) is 1.55. The zero-order valence-electron chi connectivity index (χ0n) is 13.9. The Morgan fingerprint density at radius 3 is 2.70 bits per heavy atom. The molecule has 7 nitrogen and oxygen atoms in total. The van der Waals surface area contributed by atoms with Crippen LogP contribution in [0.4, 0.5) is 10.5 Å². The number of aromatic nitrogens is 3. The number of nitrogens with zero attached hydrogens (tertiary/aromatic N) is 3. The number of ether oxygens (including phenoxy) is 1. The minimum absolute atomic E-state index is 0.0529. The minimum atomic E-state index is -0.267. The van der Waals surface area contributed by atoms with Crippen LogP contribution in [0.15, 0.2) is 37.1 Å². The molecule has 0 spiro atoms. The van der Waals surface area contributed by atoms with Gasteiger partial charge in [-0.3, -0.25) is 0 Å². The Bertz CT molecular complexity index is 617. The van der Waals surface area contributed by atoms with E-state index in [9.17, 15) is 4.79 Å². The molecule has 0 aliphatic heterocycles. The first kappa shape index (κ1) is 16.8. The lowest BCUT2D eigenvalue weighted by atomic mass is 9.86. The highest BCUT2D eigenvalue weighted by molar-refractivity contribution is 5.89. The molecule has 1 unspecified atom stereocenters. The third kappa shape index (κ3) is 4.98. The van der Waals surface area contributed by atoms with E-state index in [0.29, 0.717) is 18.1 Å². The monoisotopic (exact) mass is 317 g/mol. The van der Waals surface area contributed by atoms with Crippen LogP contribution in [0.1, 0.15) is 20.8 Å². The van der Waals surface area contributed by atoms with Crippen molar-refractivity contribution in [3.63, 3.8) is 0 Å². The van der Waals surface area contributed by atoms with Crippen LogP contribution < -0.4 is 15.4 Å². The number of urea groups is 1. The summed E-state index contributed by atoms with van der Waals surface area (Å²) in [4.78, 5) is 20.3. The molecule has 2 aromatic rings. The van der Waals surface area contributed by atoms with Gasteiger partial charge < -0.3 is 19.9 Å². The molecule has 0 radical (unpaired) electrons. The summed E-state index contributed by atoms with van der Waals surface area (Å²) in [6.07, 6.45) is 6.90. The van der Waals surface area contributed by atoms with Crippen LogP contribution in [0.5, 0.6) is 5.88 Å². The van der Waals surface area contributed by atoms with Crippen molar-refractivity contribution in [2.45, 2.75) is 33.4 Å². The molecule has 2 aromatic heterocycles. The van der Waals surface area contributed by atoms with E-state index in [1.54, 1.807) is 38.0 Å². The van der Waals surface area contributed by atoms with Gasteiger partial charge in [0.25, 0.3) is 0 Å². The Labute approximate surface area is 136 Å². The van der Waals surface area contributed by atoms with E-state index in [1.165, 1.54) is 0 Å². The van der Waals surface area contributed by atoms with E-state index < -0.39 is 0 Å². The van der Waals surface area contributed by atoms with Gasteiger partial charge in [0.2, 0.25) is 5.88 Å². The van der Waals surface area contributed by atoms with Crippen molar-refractivity contribution in [3.8, 4) is 5.88 Å². The number of carbonyl (C=O) groups is 1. The number of amides is 2. The zero-order chi connectivity index (χ0) is 16.9. The SMILES string of the molecule is COc1ccc(NC(=O)NC(Cn2ccnc2)C(C)(C)C)cn1. The van der Waals surface area contributed by atoms with Crippen molar-refractivity contribution in [3.05, 3.63) is 37.1 Å². The average Bonchev–Trinajstić information content (AvgIpc) is 2.99. The Morgan fingerprint density at radius 1 is 1.39 bits per heavy atom. The fraction of sp³-hybridized carbons (Fsp3) is 0.438. The molecule has 2 heterocycles. The number of nitrogens with one attached hydrogen (secondary N) is 2. The molecule has 0 aromatic carbocycles. The Kier molecular flexibility index (Phi) is 5.20. The minimum Gasteiger partial charge on any atom is -0.481 e. The topological polar surface area (TPSA) is 81.1 Å². The van der Waals surface area contributed by atoms with Crippen molar-refractivity contribution in [2.75, 3.05) is 12.4 Å². The van der Waals surface area contributed by atoms with Crippen LogP contribution in [-0.2, 0) is 6.54 Å². The highest BCUT2D eigenvalue weighted by atomic mass is 16.5. The molecule has 2 N–H and O–H groups in total. The summed E-state index contributed by atoms with van der Waals surface area (Å²) in [5.41, 5.74) is 0.512. The molecule has 0 fully saturated rings. The molecule has 0 saturated heterocycles. The fourth-order valence-corrected chi connectivity index (χ4v) is 2.04. The third-order valence-corrected chi connectivity index (χ3v) is 3.51. The standard InChI is InChI=1S/C16H23N5O2/c1-16(2,3)13(10-21-8-7-17-11-21)20-15(22)19-12-5-6-14(23-4)18-9-12/h5-9,11,13H,10H2,1-4H3,(H2,19,20,22). The highest BCUT2D eigenvalue weighted by Gasteiger charge is 2.26. The largest absolute Gasteiger partial charge is 0.481 e. The summed E-state index contributed by atoms with van der Waals surface area (Å²) < 4.78 is 6.94. The second kappa shape index (κ2) is 7.13. The van der Waals surface area contributed by atoms with Gasteiger partial charge in [0.05, 0.1) is 31.4 Å². The molecule has 7 heteroatoms. The molecular weight excluding hydrogens is 294 g/mol. The van der Waals surface area contributed by atoms with Crippen molar-refractivity contribution < 1.29 is 9.53 Å². The number of rotatable bonds is 5. The summed E-state index contributed by atoms with van der Waals surface area (Å²) in [5, 5.41) is 5.80. The fourth-order valence-electron chi connectivity index (χ4n) is 2.04. The predicted octanol–water partition coefficient (Wildman–Crippen LogP) is 2.52. The molecule has 2 rings (SSSR count). The van der Waals surface area contributed by atoms with Gasteiger partial charge in [-0.25, -0.2) is 14.8 Å². The maximum Gasteiger partial charge on any atom is 0.319 e. The van der Waals surface area contributed by atoms with E-state index in [-0.39, 0.29) is 17.5 Å². The molecule has 0 aliphatic carbocycles. The third-order valence-electron chi connectivity index (χ3n) is 3.51. The van der Waals surface area contributed by atoms with E-state index in [2.05, 4.69) is 41.4 Å². The van der Waals surface area contributed by atoms with Crippen LogP contribution in [0.2, 0.25) is 0 Å². The van der Waals surface area contributed by atoms with Gasteiger partial charge >= 0.3 is 6.03 Å². The lowest BCUT2D eigenvalue weighted by molar-refractivity contribution is 0.218. The maximum absolute atomic E-state index is 12.2. The summed E-state index contributed by atoms with van der Waals surface area (Å²) in [5.74, 6) is 0.503. The second-order valence-corrected chi connectivity index (χ2v) is 6.37. The second-order valence-electron chi connectivity index (χ2n) is 6.37. The van der Waals surface area contributed by atoms with Gasteiger partial charge in [-0.2, -0.15) is 0 Å². The molecule has 2 amide bonds. The van der Waals surface area contributed by atoms with Crippen LogP contribution in [0.25, 0.3) is 0 Å². The number of hydrogen-bond donors (Lipinski definition) is 2. The van der Waals surface area contributed by atoms with Crippen LogP contribution in [0, 0.1) is 5.41 Å². The lowest BCUT2D eigenvalue weighted by Gasteiger charge is -2.31. The van der Waals surface area contributed by atoms with E-state index in [0.717, 1.165) is 0 Å². The van der Waals surface area contributed by atoms with Gasteiger partial charge in [-0.1, -0.05) is 20.8 Å². The molecular formula is C16H23N5O2. The first-order chi connectivity index (χ1) is 10.9. The first-order valence-electron chi connectivity index (χ1n) is 7.42. The Morgan fingerprint density at radius 2 is 2.17 bits per heavy atom. The summed E-state index contributed by atoms with van der Waals surface area (Å²) in [6, 6.07) is 3.12. The van der Waals surface area contributed by atoms with Crippen LogP contribution in [0.3, 0.4) is 0 Å². The molecule has 0 bridgehead atoms. The van der Waals surface area contributed by atoms with Crippen molar-refractivity contribution in [2.24, 2.45) is 5.41 Å². The van der Waals surface area contributed by atoms with E-state index in [4.69, 9.17) is 4.74 Å².